The maximum Gasteiger partial charge on any atom is 0.416 e. The fraction of sp³-hybridized carbons (Fsp3) is 0.0392. The largest absolute Gasteiger partial charge is 0.416 e. The maximum atomic E-state index is 14.2. The SMILES string of the molecule is Cc1ccc2c(c1)c1cc(C(F)(F)F)ccc1n2-c1ccc(-c2nc(-c3ccccc3)cc(-c3ccccc3)n2)cc1-c1nc(-c2ccccc2)nc(-c2ccccc2)n1. The molecule has 0 aliphatic heterocycles. The molecule has 0 aliphatic rings. The molecule has 3 heterocycles. The smallest absolute Gasteiger partial charge is 0.309 e. The van der Waals surface area contributed by atoms with Crippen LogP contribution in [0.1, 0.15) is 11.1 Å². The zero-order chi connectivity index (χ0) is 40.8. The number of halogens is 3. The molecule has 0 N–H and O–H groups in total. The second kappa shape index (κ2) is 14.9. The Balaban J connectivity index is 1.28. The van der Waals surface area contributed by atoms with Crippen LogP contribution in [0.25, 0.3) is 95.6 Å². The second-order valence-corrected chi connectivity index (χ2v) is 14.5. The highest BCUT2D eigenvalue weighted by Crippen LogP contribution is 2.41. The van der Waals surface area contributed by atoms with Crippen molar-refractivity contribution in [2.24, 2.45) is 0 Å². The van der Waals surface area contributed by atoms with Gasteiger partial charge in [0.25, 0.3) is 0 Å². The summed E-state index contributed by atoms with van der Waals surface area (Å²) < 4.78 is 44.6. The van der Waals surface area contributed by atoms with Crippen LogP contribution in [0.5, 0.6) is 0 Å². The van der Waals surface area contributed by atoms with Crippen LogP contribution in [-0.2, 0) is 6.18 Å². The van der Waals surface area contributed by atoms with Crippen molar-refractivity contribution >= 4 is 21.8 Å². The van der Waals surface area contributed by atoms with Gasteiger partial charge in [-0.15, -0.1) is 0 Å². The first kappa shape index (κ1) is 36.6. The van der Waals surface area contributed by atoms with Crippen molar-refractivity contribution in [3.8, 4) is 73.8 Å². The van der Waals surface area contributed by atoms with E-state index in [4.69, 9.17) is 24.9 Å². The van der Waals surface area contributed by atoms with Crippen LogP contribution in [0, 0.1) is 6.92 Å². The fourth-order valence-electron chi connectivity index (χ4n) is 7.64. The number of hydrogen-bond acceptors (Lipinski definition) is 5. The number of aromatic nitrogens is 6. The van der Waals surface area contributed by atoms with E-state index >= 15 is 0 Å². The van der Waals surface area contributed by atoms with Gasteiger partial charge in [-0.05, 0) is 61.5 Å². The van der Waals surface area contributed by atoms with Crippen molar-refractivity contribution in [1.29, 1.82) is 0 Å². The lowest BCUT2D eigenvalue weighted by molar-refractivity contribution is -0.137. The lowest BCUT2D eigenvalue weighted by atomic mass is 10.0. The molecule has 0 amide bonds. The first-order valence-corrected chi connectivity index (χ1v) is 19.4. The third-order valence-corrected chi connectivity index (χ3v) is 10.5. The van der Waals surface area contributed by atoms with E-state index in [0.717, 1.165) is 50.8 Å². The van der Waals surface area contributed by atoms with Gasteiger partial charge in [-0.2, -0.15) is 13.2 Å². The van der Waals surface area contributed by atoms with Crippen LogP contribution in [0.4, 0.5) is 13.2 Å². The van der Waals surface area contributed by atoms with Gasteiger partial charge in [0.1, 0.15) is 0 Å². The standard InChI is InChI=1S/C51H33F3N6/c1-32-22-25-44-39(28-32)40-30-38(51(52,53)54)24-27-45(40)60(44)46-26-23-37(49-55-42(33-14-6-2-7-15-33)31-43(56-49)34-16-8-3-9-17-34)29-41(46)50-58-47(35-18-10-4-11-19-35)57-48(59-50)36-20-12-5-13-21-36/h2-31H,1H3. The van der Waals surface area contributed by atoms with Crippen molar-refractivity contribution in [1.82, 2.24) is 29.5 Å². The van der Waals surface area contributed by atoms with Crippen LogP contribution in [0.15, 0.2) is 182 Å². The number of fused-ring (bicyclic) bond motifs is 3. The molecule has 0 spiro atoms. The molecule has 0 saturated carbocycles. The Bertz CT molecular complexity index is 3070. The van der Waals surface area contributed by atoms with E-state index in [1.54, 1.807) is 6.07 Å². The molecular weight excluding hydrogens is 754 g/mol. The quantitative estimate of drug-likeness (QED) is 0.161. The predicted octanol–water partition coefficient (Wildman–Crippen LogP) is 13.1. The lowest BCUT2D eigenvalue weighted by Gasteiger charge is -2.17. The van der Waals surface area contributed by atoms with Crippen molar-refractivity contribution in [3.05, 3.63) is 193 Å². The van der Waals surface area contributed by atoms with E-state index in [1.807, 2.05) is 175 Å². The third kappa shape index (κ3) is 6.86. The number of nitrogens with zero attached hydrogens (tertiary/aromatic N) is 6. The highest BCUT2D eigenvalue weighted by molar-refractivity contribution is 6.10. The van der Waals surface area contributed by atoms with Crippen molar-refractivity contribution < 1.29 is 13.2 Å². The van der Waals surface area contributed by atoms with Gasteiger partial charge in [0.15, 0.2) is 23.3 Å². The number of benzene rings is 7. The Morgan fingerprint density at radius 1 is 0.400 bits per heavy atom. The summed E-state index contributed by atoms with van der Waals surface area (Å²) in [7, 11) is 0. The average Bonchev–Trinajstić information content (AvgIpc) is 3.62. The molecular formula is C51H33F3N6. The zero-order valence-electron chi connectivity index (χ0n) is 32.1. The van der Waals surface area contributed by atoms with E-state index in [9.17, 15) is 13.2 Å². The number of rotatable bonds is 7. The van der Waals surface area contributed by atoms with E-state index in [-0.39, 0.29) is 0 Å². The van der Waals surface area contributed by atoms with E-state index in [0.29, 0.717) is 56.4 Å². The van der Waals surface area contributed by atoms with Crippen molar-refractivity contribution in [3.63, 3.8) is 0 Å². The molecule has 0 unspecified atom stereocenters. The molecule has 0 fully saturated rings. The summed E-state index contributed by atoms with van der Waals surface area (Å²) in [6.07, 6.45) is -4.52. The summed E-state index contributed by atoms with van der Waals surface area (Å²) in [5.74, 6) is 1.79. The molecule has 6 nitrogen and oxygen atoms in total. The second-order valence-electron chi connectivity index (χ2n) is 14.5. The maximum absolute atomic E-state index is 14.2. The third-order valence-electron chi connectivity index (χ3n) is 10.5. The molecule has 0 atom stereocenters. The van der Waals surface area contributed by atoms with Gasteiger partial charge in [0.2, 0.25) is 0 Å². The van der Waals surface area contributed by atoms with Gasteiger partial charge in [-0.3, -0.25) is 0 Å². The van der Waals surface area contributed by atoms with Gasteiger partial charge >= 0.3 is 6.18 Å². The molecule has 10 aromatic rings. The molecule has 0 bridgehead atoms. The normalized spacial score (nSPS) is 11.7. The van der Waals surface area contributed by atoms with Crippen LogP contribution >= 0.6 is 0 Å². The Morgan fingerprint density at radius 3 is 1.40 bits per heavy atom. The summed E-state index contributed by atoms with van der Waals surface area (Å²) in [6, 6.07) is 57.0. The molecule has 0 aliphatic carbocycles. The molecule has 60 heavy (non-hydrogen) atoms. The molecule has 7 aromatic carbocycles. The summed E-state index contributed by atoms with van der Waals surface area (Å²) in [6.45, 7) is 1.94. The Hall–Kier alpha value is -7.78. The van der Waals surface area contributed by atoms with Gasteiger partial charge in [-0.25, -0.2) is 24.9 Å². The van der Waals surface area contributed by atoms with Crippen LogP contribution < -0.4 is 0 Å². The first-order chi connectivity index (χ1) is 29.3. The Morgan fingerprint density at radius 2 is 0.867 bits per heavy atom. The van der Waals surface area contributed by atoms with Crippen LogP contribution in [0.3, 0.4) is 0 Å². The molecule has 10 rings (SSSR count). The van der Waals surface area contributed by atoms with Crippen molar-refractivity contribution in [2.45, 2.75) is 13.1 Å². The first-order valence-electron chi connectivity index (χ1n) is 19.4. The summed E-state index contributed by atoms with van der Waals surface area (Å²) in [4.78, 5) is 25.4. The minimum Gasteiger partial charge on any atom is -0.309 e. The molecule has 0 radical (unpaired) electrons. The van der Waals surface area contributed by atoms with Gasteiger partial charge in [0.05, 0.1) is 33.7 Å². The molecule has 9 heteroatoms. The molecule has 288 valence electrons. The summed E-state index contributed by atoms with van der Waals surface area (Å²) >= 11 is 0. The number of hydrogen-bond donors (Lipinski definition) is 0. The van der Waals surface area contributed by atoms with Gasteiger partial charge in [0, 0.05) is 44.2 Å². The van der Waals surface area contributed by atoms with Gasteiger partial charge < -0.3 is 4.57 Å². The van der Waals surface area contributed by atoms with Crippen LogP contribution in [-0.4, -0.2) is 29.5 Å². The molecule has 3 aromatic heterocycles. The Labute approximate surface area is 343 Å². The topological polar surface area (TPSA) is 69.4 Å². The fourth-order valence-corrected chi connectivity index (χ4v) is 7.64. The average molecular weight is 787 g/mol. The van der Waals surface area contributed by atoms with E-state index in [2.05, 4.69) is 0 Å². The number of aryl methyl sites for hydroxylation is 1. The zero-order valence-corrected chi connectivity index (χ0v) is 32.1. The van der Waals surface area contributed by atoms with Crippen molar-refractivity contribution in [2.75, 3.05) is 0 Å². The highest BCUT2D eigenvalue weighted by atomic mass is 19.4. The lowest BCUT2D eigenvalue weighted by Crippen LogP contribution is -2.05. The van der Waals surface area contributed by atoms with E-state index < -0.39 is 11.7 Å². The summed E-state index contributed by atoms with van der Waals surface area (Å²) in [5, 5.41) is 1.18. The van der Waals surface area contributed by atoms with Gasteiger partial charge in [-0.1, -0.05) is 133 Å². The van der Waals surface area contributed by atoms with E-state index in [1.165, 1.54) is 6.07 Å². The Kier molecular flexibility index (Phi) is 9.06. The summed E-state index contributed by atoms with van der Waals surface area (Å²) in [5.41, 5.74) is 8.49. The highest BCUT2D eigenvalue weighted by Gasteiger charge is 2.31. The minimum atomic E-state index is -4.52. The number of alkyl halides is 3. The molecule has 0 saturated heterocycles. The minimum absolute atomic E-state index is 0.371. The predicted molar refractivity (Wildman–Crippen MR) is 232 cm³/mol. The monoisotopic (exact) mass is 786 g/mol. The van der Waals surface area contributed by atoms with Crippen LogP contribution in [0.2, 0.25) is 0 Å².